The van der Waals surface area contributed by atoms with Crippen LogP contribution in [0.5, 0.6) is 0 Å². The quantitative estimate of drug-likeness (QED) is 0.634. The average molecular weight is 155 g/mol. The zero-order valence-corrected chi connectivity index (χ0v) is 6.34. The molecule has 0 bridgehead atoms. The van der Waals surface area contributed by atoms with Crippen LogP contribution in [0.3, 0.4) is 0 Å². The second kappa shape index (κ2) is 3.05. The van der Waals surface area contributed by atoms with Gasteiger partial charge in [-0.2, -0.15) is 4.98 Å². The predicted molar refractivity (Wildman–Crippen MR) is 39.4 cm³/mol. The molecular formula is C6H9N3O2. The average Bonchev–Trinajstić information content (AvgIpc) is 2.50. The Kier molecular flexibility index (Phi) is 2.10. The fourth-order valence-electron chi connectivity index (χ4n) is 0.621. The first-order valence-corrected chi connectivity index (χ1v) is 3.13. The summed E-state index contributed by atoms with van der Waals surface area (Å²) in [6, 6.07) is 0.337. The van der Waals surface area contributed by atoms with Gasteiger partial charge in [0.05, 0.1) is 0 Å². The first kappa shape index (κ1) is 7.59. The van der Waals surface area contributed by atoms with Gasteiger partial charge in [-0.15, -0.1) is 0 Å². The first-order chi connectivity index (χ1) is 5.27. The molecule has 1 rings (SSSR count). The summed E-state index contributed by atoms with van der Waals surface area (Å²) in [4.78, 5) is 14.7. The van der Waals surface area contributed by atoms with Crippen molar-refractivity contribution < 1.29 is 9.21 Å². The highest BCUT2D eigenvalue weighted by molar-refractivity contribution is 5.91. The molecule has 0 aromatic carbocycles. The maximum absolute atomic E-state index is 10.9. The van der Waals surface area contributed by atoms with Gasteiger partial charge in [0, 0.05) is 14.1 Å². The minimum absolute atomic E-state index is 0.254. The van der Waals surface area contributed by atoms with E-state index >= 15 is 0 Å². The molecule has 0 radical (unpaired) electrons. The molecule has 0 aliphatic carbocycles. The van der Waals surface area contributed by atoms with Gasteiger partial charge in [-0.1, -0.05) is 0 Å². The van der Waals surface area contributed by atoms with Crippen LogP contribution in [-0.4, -0.2) is 25.0 Å². The van der Waals surface area contributed by atoms with Crippen LogP contribution in [0.25, 0.3) is 0 Å². The molecule has 5 nitrogen and oxygen atoms in total. The van der Waals surface area contributed by atoms with Crippen LogP contribution in [0.4, 0.5) is 6.01 Å². The van der Waals surface area contributed by atoms with Crippen molar-refractivity contribution in [1.82, 2.24) is 10.3 Å². The summed E-state index contributed by atoms with van der Waals surface area (Å²) in [5.41, 5.74) is 0.275. The molecule has 1 aromatic heterocycles. The Morgan fingerprint density at radius 3 is 2.82 bits per heavy atom. The molecule has 11 heavy (non-hydrogen) atoms. The standard InChI is InChI=1S/C6H9N3O2/c1-7-5(10)4-3-11-6(8-2)9-4/h3H,1-2H3,(H,7,10)(H,8,9). The number of amides is 1. The van der Waals surface area contributed by atoms with Crippen LogP contribution in [0.2, 0.25) is 0 Å². The Morgan fingerprint density at radius 2 is 2.36 bits per heavy atom. The Balaban J connectivity index is 2.80. The monoisotopic (exact) mass is 155 g/mol. The van der Waals surface area contributed by atoms with Gasteiger partial charge in [0.2, 0.25) is 0 Å². The highest BCUT2D eigenvalue weighted by Gasteiger charge is 2.08. The molecule has 2 N–H and O–H groups in total. The summed E-state index contributed by atoms with van der Waals surface area (Å²) in [7, 11) is 3.20. The summed E-state index contributed by atoms with van der Waals surface area (Å²) < 4.78 is 4.85. The molecule has 0 fully saturated rings. The van der Waals surface area contributed by atoms with Crippen LogP contribution in [0, 0.1) is 0 Å². The Bertz CT molecular complexity index is 256. The van der Waals surface area contributed by atoms with Crippen molar-refractivity contribution >= 4 is 11.9 Å². The van der Waals surface area contributed by atoms with E-state index in [9.17, 15) is 4.79 Å². The third-order valence-electron chi connectivity index (χ3n) is 1.18. The lowest BCUT2D eigenvalue weighted by molar-refractivity contribution is 0.0958. The number of carbonyl (C=O) groups excluding carboxylic acids is 1. The molecule has 0 spiro atoms. The maximum Gasteiger partial charge on any atom is 0.294 e. The lowest BCUT2D eigenvalue weighted by atomic mass is 10.5. The number of nitrogens with one attached hydrogen (secondary N) is 2. The summed E-state index contributed by atoms with van der Waals surface area (Å²) in [5, 5.41) is 5.10. The third-order valence-corrected chi connectivity index (χ3v) is 1.18. The molecular weight excluding hydrogens is 146 g/mol. The summed E-state index contributed by atoms with van der Waals surface area (Å²) in [6.07, 6.45) is 1.30. The van der Waals surface area contributed by atoms with Crippen molar-refractivity contribution in [2.24, 2.45) is 0 Å². The number of anilines is 1. The van der Waals surface area contributed by atoms with E-state index in [2.05, 4.69) is 15.6 Å². The van der Waals surface area contributed by atoms with Gasteiger partial charge < -0.3 is 15.1 Å². The largest absolute Gasteiger partial charge is 0.431 e. The summed E-state index contributed by atoms with van der Waals surface area (Å²) in [6.45, 7) is 0. The Labute approximate surface area is 63.8 Å². The highest BCUT2D eigenvalue weighted by atomic mass is 16.4. The zero-order valence-electron chi connectivity index (χ0n) is 6.34. The molecule has 60 valence electrons. The maximum atomic E-state index is 10.9. The van der Waals surface area contributed by atoms with Gasteiger partial charge in [0.1, 0.15) is 6.26 Å². The SMILES string of the molecule is CNC(=O)c1coc(NC)n1. The number of nitrogens with zero attached hydrogens (tertiary/aromatic N) is 1. The molecule has 0 aliphatic rings. The minimum atomic E-state index is -0.254. The molecule has 1 amide bonds. The van der Waals surface area contributed by atoms with E-state index in [1.54, 1.807) is 7.05 Å². The fourth-order valence-corrected chi connectivity index (χ4v) is 0.621. The van der Waals surface area contributed by atoms with Crippen molar-refractivity contribution in [2.45, 2.75) is 0 Å². The number of carbonyl (C=O) groups is 1. The van der Waals surface area contributed by atoms with Gasteiger partial charge in [-0.3, -0.25) is 4.79 Å². The molecule has 0 aliphatic heterocycles. The lowest BCUT2D eigenvalue weighted by Crippen LogP contribution is -2.17. The molecule has 0 saturated heterocycles. The van der Waals surface area contributed by atoms with Crippen molar-refractivity contribution in [3.8, 4) is 0 Å². The van der Waals surface area contributed by atoms with Crippen molar-refractivity contribution in [1.29, 1.82) is 0 Å². The molecule has 0 atom stereocenters. The van der Waals surface area contributed by atoms with E-state index in [1.807, 2.05) is 0 Å². The van der Waals surface area contributed by atoms with Gasteiger partial charge in [-0.25, -0.2) is 0 Å². The van der Waals surface area contributed by atoms with Crippen LogP contribution >= 0.6 is 0 Å². The Hall–Kier alpha value is -1.52. The van der Waals surface area contributed by atoms with Gasteiger partial charge in [0.15, 0.2) is 5.69 Å². The predicted octanol–water partition coefficient (Wildman–Crippen LogP) is 0.0759. The number of oxazole rings is 1. The number of rotatable bonds is 2. The summed E-state index contributed by atoms with van der Waals surface area (Å²) in [5.74, 6) is -0.254. The second-order valence-corrected chi connectivity index (χ2v) is 1.87. The molecule has 1 aromatic rings. The highest BCUT2D eigenvalue weighted by Crippen LogP contribution is 2.05. The van der Waals surface area contributed by atoms with E-state index in [0.29, 0.717) is 6.01 Å². The van der Waals surface area contributed by atoms with Crippen LogP contribution in [-0.2, 0) is 0 Å². The Morgan fingerprint density at radius 1 is 1.64 bits per heavy atom. The van der Waals surface area contributed by atoms with E-state index in [4.69, 9.17) is 4.42 Å². The minimum Gasteiger partial charge on any atom is -0.431 e. The summed E-state index contributed by atoms with van der Waals surface area (Å²) >= 11 is 0. The van der Waals surface area contributed by atoms with E-state index in [0.717, 1.165) is 0 Å². The number of aromatic nitrogens is 1. The normalized spacial score (nSPS) is 9.27. The van der Waals surface area contributed by atoms with E-state index < -0.39 is 0 Å². The van der Waals surface area contributed by atoms with Gasteiger partial charge in [-0.05, 0) is 0 Å². The van der Waals surface area contributed by atoms with Gasteiger partial charge in [0.25, 0.3) is 11.9 Å². The molecule has 0 unspecified atom stereocenters. The van der Waals surface area contributed by atoms with Crippen molar-refractivity contribution in [3.63, 3.8) is 0 Å². The molecule has 0 saturated carbocycles. The molecule has 1 heterocycles. The number of hydrogen-bond acceptors (Lipinski definition) is 4. The first-order valence-electron chi connectivity index (χ1n) is 3.13. The lowest BCUT2D eigenvalue weighted by Gasteiger charge is -1.89. The topological polar surface area (TPSA) is 67.2 Å². The number of hydrogen-bond donors (Lipinski definition) is 2. The van der Waals surface area contributed by atoms with Crippen LogP contribution in [0.15, 0.2) is 10.7 Å². The second-order valence-electron chi connectivity index (χ2n) is 1.87. The van der Waals surface area contributed by atoms with E-state index in [1.165, 1.54) is 13.3 Å². The van der Waals surface area contributed by atoms with E-state index in [-0.39, 0.29) is 11.6 Å². The van der Waals surface area contributed by atoms with Crippen LogP contribution in [0.1, 0.15) is 10.5 Å². The third kappa shape index (κ3) is 1.49. The van der Waals surface area contributed by atoms with Gasteiger partial charge >= 0.3 is 0 Å². The van der Waals surface area contributed by atoms with Crippen molar-refractivity contribution in [2.75, 3.05) is 19.4 Å². The fraction of sp³-hybridized carbons (Fsp3) is 0.333. The molecule has 5 heteroatoms. The van der Waals surface area contributed by atoms with Crippen LogP contribution < -0.4 is 10.6 Å². The van der Waals surface area contributed by atoms with Crippen molar-refractivity contribution in [3.05, 3.63) is 12.0 Å². The zero-order chi connectivity index (χ0) is 8.27. The smallest absolute Gasteiger partial charge is 0.294 e.